The number of amides is 1. The predicted molar refractivity (Wildman–Crippen MR) is 54.6 cm³/mol. The Morgan fingerprint density at radius 2 is 2.22 bits per heavy atom. The number of rotatable bonds is 4. The lowest BCUT2D eigenvalue weighted by molar-refractivity contribution is -0.163. The molecule has 0 spiro atoms. The van der Waals surface area contributed by atoms with Gasteiger partial charge in [0.15, 0.2) is 5.69 Å². The smallest absolute Gasteiger partial charge is 0.336 e. The van der Waals surface area contributed by atoms with Crippen molar-refractivity contribution in [2.75, 3.05) is 6.54 Å². The summed E-state index contributed by atoms with van der Waals surface area (Å²) in [6.07, 6.45) is -3.36. The normalized spacial score (nSPS) is 17.6. The maximum atomic E-state index is 12.6. The molecule has 6 nitrogen and oxygen atoms in total. The van der Waals surface area contributed by atoms with Crippen LogP contribution in [0.25, 0.3) is 0 Å². The molecule has 3 N–H and O–H groups in total. The first-order chi connectivity index (χ1) is 8.38. The fourth-order valence-electron chi connectivity index (χ4n) is 1.53. The molecule has 0 atom stereocenters. The highest BCUT2D eigenvalue weighted by Gasteiger charge is 2.64. The van der Waals surface area contributed by atoms with Crippen LogP contribution in [0.3, 0.4) is 0 Å². The molecule has 0 bridgehead atoms. The van der Waals surface area contributed by atoms with Gasteiger partial charge < -0.3 is 11.1 Å². The molecule has 1 fully saturated rings. The molecular weight excluding hydrogens is 251 g/mol. The van der Waals surface area contributed by atoms with Crippen LogP contribution in [0.15, 0.2) is 6.20 Å². The second-order valence-electron chi connectivity index (χ2n) is 4.19. The molecule has 0 saturated heterocycles. The molecule has 1 aliphatic rings. The van der Waals surface area contributed by atoms with Crippen molar-refractivity contribution in [1.82, 2.24) is 20.3 Å². The summed E-state index contributed by atoms with van der Waals surface area (Å²) in [5.41, 5.74) is 3.06. The van der Waals surface area contributed by atoms with Crippen molar-refractivity contribution in [1.29, 1.82) is 0 Å². The van der Waals surface area contributed by atoms with Crippen LogP contribution in [0.5, 0.6) is 0 Å². The van der Waals surface area contributed by atoms with Crippen molar-refractivity contribution >= 4 is 5.91 Å². The average Bonchev–Trinajstić information content (AvgIpc) is 2.90. The van der Waals surface area contributed by atoms with Gasteiger partial charge in [0.1, 0.15) is 5.54 Å². The van der Waals surface area contributed by atoms with Gasteiger partial charge in [-0.05, 0) is 12.8 Å². The lowest BCUT2D eigenvalue weighted by Gasteiger charge is -2.19. The first-order valence-corrected chi connectivity index (χ1v) is 5.37. The van der Waals surface area contributed by atoms with Gasteiger partial charge in [-0.3, -0.25) is 9.48 Å². The van der Waals surface area contributed by atoms with Gasteiger partial charge >= 0.3 is 6.18 Å². The van der Waals surface area contributed by atoms with E-state index in [-0.39, 0.29) is 18.5 Å². The molecule has 0 unspecified atom stereocenters. The molecule has 1 aromatic heterocycles. The van der Waals surface area contributed by atoms with E-state index in [2.05, 4.69) is 10.3 Å². The predicted octanol–water partition coefficient (Wildman–Crippen LogP) is 0.0615. The summed E-state index contributed by atoms with van der Waals surface area (Å²) in [7, 11) is 0. The quantitative estimate of drug-likeness (QED) is 0.804. The minimum Gasteiger partial charge on any atom is -0.336 e. The molecular formula is C9H12F3N5O. The highest BCUT2D eigenvalue weighted by atomic mass is 19.4. The number of nitrogens with zero attached hydrogens (tertiary/aromatic N) is 3. The minimum absolute atomic E-state index is 0.0980. The van der Waals surface area contributed by atoms with Gasteiger partial charge in [0, 0.05) is 6.54 Å². The van der Waals surface area contributed by atoms with Crippen LogP contribution < -0.4 is 11.1 Å². The van der Waals surface area contributed by atoms with E-state index in [4.69, 9.17) is 5.73 Å². The van der Waals surface area contributed by atoms with Gasteiger partial charge in [-0.2, -0.15) is 13.2 Å². The van der Waals surface area contributed by atoms with Crippen LogP contribution in [-0.4, -0.2) is 39.2 Å². The van der Waals surface area contributed by atoms with E-state index < -0.39 is 17.6 Å². The highest BCUT2D eigenvalue weighted by Crippen LogP contribution is 2.48. The van der Waals surface area contributed by atoms with Gasteiger partial charge in [-0.15, -0.1) is 5.10 Å². The molecule has 1 heterocycles. The van der Waals surface area contributed by atoms with Crippen LogP contribution in [0.2, 0.25) is 0 Å². The summed E-state index contributed by atoms with van der Waals surface area (Å²) in [6.45, 7) is 0.654. The van der Waals surface area contributed by atoms with Crippen molar-refractivity contribution in [3.05, 3.63) is 11.9 Å². The first-order valence-electron chi connectivity index (χ1n) is 5.37. The summed E-state index contributed by atoms with van der Waals surface area (Å²) < 4.78 is 39.2. The monoisotopic (exact) mass is 263 g/mol. The van der Waals surface area contributed by atoms with Crippen molar-refractivity contribution in [3.8, 4) is 0 Å². The van der Waals surface area contributed by atoms with E-state index >= 15 is 0 Å². The molecule has 1 aromatic rings. The molecule has 1 aliphatic carbocycles. The zero-order chi connectivity index (χ0) is 13.4. The van der Waals surface area contributed by atoms with Gasteiger partial charge in [0.2, 0.25) is 0 Å². The number of hydrogen-bond acceptors (Lipinski definition) is 4. The lowest BCUT2D eigenvalue weighted by atomic mass is 10.2. The van der Waals surface area contributed by atoms with E-state index in [0.29, 0.717) is 13.1 Å². The fourth-order valence-corrected chi connectivity index (χ4v) is 1.53. The molecule has 1 saturated carbocycles. The Bertz CT molecular complexity index is 451. The number of nitrogens with two attached hydrogens (primary N) is 1. The van der Waals surface area contributed by atoms with Crippen LogP contribution >= 0.6 is 0 Å². The number of nitrogens with one attached hydrogen (secondary N) is 1. The number of carbonyl (C=O) groups excluding carboxylic acids is 1. The van der Waals surface area contributed by atoms with Crippen molar-refractivity contribution in [3.63, 3.8) is 0 Å². The van der Waals surface area contributed by atoms with Gasteiger partial charge in [-0.25, -0.2) is 0 Å². The van der Waals surface area contributed by atoms with Crippen LogP contribution in [0.4, 0.5) is 13.2 Å². The third kappa shape index (κ3) is 2.30. The highest BCUT2D eigenvalue weighted by molar-refractivity contribution is 5.92. The maximum Gasteiger partial charge on any atom is 0.411 e. The Balaban J connectivity index is 2.04. The molecule has 2 rings (SSSR count). The van der Waals surface area contributed by atoms with Crippen LogP contribution in [-0.2, 0) is 6.54 Å². The van der Waals surface area contributed by atoms with Crippen LogP contribution in [0, 0.1) is 0 Å². The van der Waals surface area contributed by atoms with E-state index in [9.17, 15) is 18.0 Å². The summed E-state index contributed by atoms with van der Waals surface area (Å²) in [4.78, 5) is 11.6. The number of hydrogen-bond donors (Lipinski definition) is 2. The Labute approximate surface area is 100 Å². The van der Waals surface area contributed by atoms with Crippen molar-refractivity contribution < 1.29 is 18.0 Å². The Morgan fingerprint density at radius 1 is 1.56 bits per heavy atom. The zero-order valence-electron chi connectivity index (χ0n) is 9.37. The molecule has 0 aromatic carbocycles. The Kier molecular flexibility index (Phi) is 3.01. The topological polar surface area (TPSA) is 85.8 Å². The third-order valence-electron chi connectivity index (χ3n) is 2.77. The zero-order valence-corrected chi connectivity index (χ0v) is 9.37. The number of alkyl halides is 3. The molecule has 100 valence electrons. The SMILES string of the molecule is NCCn1cc(C(=O)NC2(C(F)(F)F)CC2)nn1. The lowest BCUT2D eigenvalue weighted by Crippen LogP contribution is -2.47. The third-order valence-corrected chi connectivity index (χ3v) is 2.77. The second kappa shape index (κ2) is 4.23. The van der Waals surface area contributed by atoms with E-state index in [1.807, 2.05) is 5.32 Å². The summed E-state index contributed by atoms with van der Waals surface area (Å²) >= 11 is 0. The van der Waals surface area contributed by atoms with Crippen molar-refractivity contribution in [2.45, 2.75) is 31.1 Å². The average molecular weight is 263 g/mol. The van der Waals surface area contributed by atoms with E-state index in [1.54, 1.807) is 0 Å². The summed E-state index contributed by atoms with van der Waals surface area (Å²) in [6, 6.07) is 0. The van der Waals surface area contributed by atoms with Crippen molar-refractivity contribution in [2.24, 2.45) is 5.73 Å². The second-order valence-corrected chi connectivity index (χ2v) is 4.19. The van der Waals surface area contributed by atoms with E-state index in [0.717, 1.165) is 0 Å². The largest absolute Gasteiger partial charge is 0.411 e. The number of aromatic nitrogens is 3. The standard InChI is InChI=1S/C9H12F3N5O/c10-9(11,12)8(1-2-8)14-7(18)6-5-17(4-3-13)16-15-6/h5H,1-4,13H2,(H,14,18). The number of halogens is 3. The van der Waals surface area contributed by atoms with E-state index in [1.165, 1.54) is 10.9 Å². The number of carbonyl (C=O) groups is 1. The fraction of sp³-hybridized carbons (Fsp3) is 0.667. The molecule has 18 heavy (non-hydrogen) atoms. The van der Waals surface area contributed by atoms with Gasteiger partial charge in [0.25, 0.3) is 5.91 Å². The Morgan fingerprint density at radius 3 is 2.72 bits per heavy atom. The molecule has 0 aliphatic heterocycles. The van der Waals surface area contributed by atoms with Crippen LogP contribution in [0.1, 0.15) is 23.3 Å². The summed E-state index contributed by atoms with van der Waals surface area (Å²) in [5, 5.41) is 9.06. The Hall–Kier alpha value is -1.64. The first kappa shape index (κ1) is 12.8. The molecule has 0 radical (unpaired) electrons. The van der Waals surface area contributed by atoms with Gasteiger partial charge in [0.05, 0.1) is 12.7 Å². The maximum absolute atomic E-state index is 12.6. The minimum atomic E-state index is -4.43. The van der Waals surface area contributed by atoms with Gasteiger partial charge in [-0.1, -0.05) is 5.21 Å². The molecule has 1 amide bonds. The molecule has 9 heteroatoms. The summed E-state index contributed by atoms with van der Waals surface area (Å²) in [5.74, 6) is -0.868.